The second-order valence-electron chi connectivity index (χ2n) is 5.59. The molecule has 3 rings (SSSR count). The third-order valence-electron chi connectivity index (χ3n) is 4.21. The average Bonchev–Trinajstić information content (AvgIpc) is 2.64. The van der Waals surface area contributed by atoms with Crippen LogP contribution in [-0.2, 0) is 0 Å². The first-order valence-electron chi connectivity index (χ1n) is 7.06. The van der Waals surface area contributed by atoms with Crippen LogP contribution in [-0.4, -0.2) is 10.5 Å². The zero-order valence-electron chi connectivity index (χ0n) is 11.3. The number of nitro groups is 1. The highest BCUT2D eigenvalue weighted by atomic mass is 16.6. The first kappa shape index (κ1) is 13.0. The number of nitro benzene ring substituents is 1. The Hall–Kier alpha value is -2.04. The number of anilines is 1. The monoisotopic (exact) mass is 274 g/mol. The van der Waals surface area contributed by atoms with Crippen LogP contribution in [0.5, 0.6) is 5.75 Å². The zero-order valence-corrected chi connectivity index (χ0v) is 11.3. The normalized spacial score (nSPS) is 20.0. The van der Waals surface area contributed by atoms with E-state index in [-0.39, 0.29) is 17.0 Å². The Morgan fingerprint density at radius 1 is 1.20 bits per heavy atom. The molecular formula is C15H18N2O3. The molecule has 0 bridgehead atoms. The standard InChI is InChI=1S/C15H18N2O3/c16-12-5-6-13-11(14(12)17(18)19)7-10-15(20-13)8-3-1-2-4-9-15/h5-7,10H,1-4,8-9,16H2. The lowest BCUT2D eigenvalue weighted by atomic mass is 9.90. The number of rotatable bonds is 1. The molecule has 1 saturated carbocycles. The van der Waals surface area contributed by atoms with Crippen molar-refractivity contribution < 1.29 is 9.66 Å². The van der Waals surface area contributed by atoms with Gasteiger partial charge in [0, 0.05) is 0 Å². The maximum absolute atomic E-state index is 11.2. The summed E-state index contributed by atoms with van der Waals surface area (Å²) in [7, 11) is 0. The first-order chi connectivity index (χ1) is 9.61. The Kier molecular flexibility index (Phi) is 3.12. The molecule has 1 heterocycles. The van der Waals surface area contributed by atoms with E-state index in [0.29, 0.717) is 11.3 Å². The van der Waals surface area contributed by atoms with E-state index in [2.05, 4.69) is 0 Å². The summed E-state index contributed by atoms with van der Waals surface area (Å²) in [4.78, 5) is 10.7. The van der Waals surface area contributed by atoms with Gasteiger partial charge in [-0.15, -0.1) is 0 Å². The molecule has 5 nitrogen and oxygen atoms in total. The Bertz CT molecular complexity index is 573. The Balaban J connectivity index is 2.01. The first-order valence-corrected chi connectivity index (χ1v) is 7.06. The van der Waals surface area contributed by atoms with Crippen molar-refractivity contribution in [3.05, 3.63) is 33.9 Å². The SMILES string of the molecule is Nc1ccc2c(c1[N+](=O)[O-])C=CC1(CCCCCC1)O2. The van der Waals surface area contributed by atoms with Gasteiger partial charge >= 0.3 is 5.69 Å². The number of nitrogens with two attached hydrogens (primary N) is 1. The van der Waals surface area contributed by atoms with Gasteiger partial charge < -0.3 is 10.5 Å². The van der Waals surface area contributed by atoms with Crippen molar-refractivity contribution in [2.75, 3.05) is 5.73 Å². The van der Waals surface area contributed by atoms with Crippen molar-refractivity contribution in [3.63, 3.8) is 0 Å². The van der Waals surface area contributed by atoms with Crippen LogP contribution in [0.2, 0.25) is 0 Å². The predicted molar refractivity (Wildman–Crippen MR) is 77.6 cm³/mol. The van der Waals surface area contributed by atoms with Crippen LogP contribution in [0.1, 0.15) is 44.1 Å². The van der Waals surface area contributed by atoms with Gasteiger partial charge in [-0.3, -0.25) is 10.1 Å². The Morgan fingerprint density at radius 2 is 1.90 bits per heavy atom. The zero-order chi connectivity index (χ0) is 14.2. The van der Waals surface area contributed by atoms with E-state index in [1.54, 1.807) is 12.1 Å². The lowest BCUT2D eigenvalue weighted by Crippen LogP contribution is -2.35. The number of fused-ring (bicyclic) bond motifs is 1. The highest BCUT2D eigenvalue weighted by Gasteiger charge is 2.35. The second kappa shape index (κ2) is 4.81. The smallest absolute Gasteiger partial charge is 0.302 e. The van der Waals surface area contributed by atoms with Crippen LogP contribution >= 0.6 is 0 Å². The second-order valence-corrected chi connectivity index (χ2v) is 5.59. The molecule has 0 saturated heterocycles. The topological polar surface area (TPSA) is 78.4 Å². The highest BCUT2D eigenvalue weighted by Crippen LogP contribution is 2.43. The molecule has 20 heavy (non-hydrogen) atoms. The summed E-state index contributed by atoms with van der Waals surface area (Å²) in [6.45, 7) is 0. The lowest BCUT2D eigenvalue weighted by Gasteiger charge is -2.34. The van der Waals surface area contributed by atoms with Gasteiger partial charge in [-0.2, -0.15) is 0 Å². The average molecular weight is 274 g/mol. The van der Waals surface area contributed by atoms with Crippen molar-refractivity contribution in [3.8, 4) is 5.75 Å². The van der Waals surface area contributed by atoms with Gasteiger partial charge in [0.1, 0.15) is 17.0 Å². The maximum atomic E-state index is 11.2. The molecule has 5 heteroatoms. The number of nitrogens with zero attached hydrogens (tertiary/aromatic N) is 1. The molecule has 0 amide bonds. The molecule has 2 N–H and O–H groups in total. The van der Waals surface area contributed by atoms with E-state index in [4.69, 9.17) is 10.5 Å². The Morgan fingerprint density at radius 3 is 2.55 bits per heavy atom. The van der Waals surface area contributed by atoms with Gasteiger partial charge in [0.15, 0.2) is 0 Å². The summed E-state index contributed by atoms with van der Waals surface area (Å²) >= 11 is 0. The number of hydrogen-bond donors (Lipinski definition) is 1. The maximum Gasteiger partial charge on any atom is 0.302 e. The van der Waals surface area contributed by atoms with Crippen molar-refractivity contribution in [1.29, 1.82) is 0 Å². The van der Waals surface area contributed by atoms with E-state index in [1.807, 2.05) is 12.2 Å². The summed E-state index contributed by atoms with van der Waals surface area (Å²) in [5.41, 5.74) is 6.04. The van der Waals surface area contributed by atoms with E-state index in [9.17, 15) is 10.1 Å². The van der Waals surface area contributed by atoms with E-state index < -0.39 is 4.92 Å². The van der Waals surface area contributed by atoms with Crippen LogP contribution < -0.4 is 10.5 Å². The highest BCUT2D eigenvalue weighted by molar-refractivity contribution is 5.78. The Labute approximate surface area is 117 Å². The van der Waals surface area contributed by atoms with Gasteiger partial charge in [-0.25, -0.2) is 0 Å². The molecule has 0 radical (unpaired) electrons. The van der Waals surface area contributed by atoms with Gasteiger partial charge in [-0.05, 0) is 50.0 Å². The third-order valence-corrected chi connectivity index (χ3v) is 4.21. The number of nitrogen functional groups attached to an aromatic ring is 1. The summed E-state index contributed by atoms with van der Waals surface area (Å²) in [6, 6.07) is 3.30. The fraction of sp³-hybridized carbons (Fsp3) is 0.467. The molecule has 1 aromatic carbocycles. The summed E-state index contributed by atoms with van der Waals surface area (Å²) in [6.07, 6.45) is 10.5. The minimum absolute atomic E-state index is 0.0535. The van der Waals surface area contributed by atoms with Gasteiger partial charge in [0.2, 0.25) is 0 Å². The molecule has 1 aliphatic carbocycles. The number of hydrogen-bond acceptors (Lipinski definition) is 4. The lowest BCUT2D eigenvalue weighted by molar-refractivity contribution is -0.384. The van der Waals surface area contributed by atoms with E-state index >= 15 is 0 Å². The van der Waals surface area contributed by atoms with Crippen molar-refractivity contribution in [2.45, 2.75) is 44.1 Å². The number of benzene rings is 1. The van der Waals surface area contributed by atoms with E-state index in [1.165, 1.54) is 12.8 Å². The fourth-order valence-electron chi connectivity index (χ4n) is 3.14. The minimum Gasteiger partial charge on any atom is -0.482 e. The summed E-state index contributed by atoms with van der Waals surface area (Å²) < 4.78 is 6.14. The van der Waals surface area contributed by atoms with Crippen molar-refractivity contribution in [1.82, 2.24) is 0 Å². The summed E-state index contributed by atoms with van der Waals surface area (Å²) in [5.74, 6) is 0.579. The molecular weight excluding hydrogens is 256 g/mol. The van der Waals surface area contributed by atoms with Crippen LogP contribution in [0.4, 0.5) is 11.4 Å². The fourth-order valence-corrected chi connectivity index (χ4v) is 3.14. The molecule has 1 aromatic rings. The predicted octanol–water partition coefficient (Wildman–Crippen LogP) is 3.68. The molecule has 1 spiro atoms. The molecule has 1 fully saturated rings. The quantitative estimate of drug-likeness (QED) is 0.481. The number of ether oxygens (including phenoxy) is 1. The molecule has 0 aromatic heterocycles. The molecule has 1 aliphatic heterocycles. The molecule has 0 atom stereocenters. The van der Waals surface area contributed by atoms with Gasteiger partial charge in [0.05, 0.1) is 10.5 Å². The third kappa shape index (κ3) is 2.13. The van der Waals surface area contributed by atoms with Crippen LogP contribution in [0, 0.1) is 10.1 Å². The van der Waals surface area contributed by atoms with Gasteiger partial charge in [0.25, 0.3) is 0 Å². The van der Waals surface area contributed by atoms with Crippen LogP contribution in [0.3, 0.4) is 0 Å². The van der Waals surface area contributed by atoms with Gasteiger partial charge in [-0.1, -0.05) is 12.8 Å². The molecule has 2 aliphatic rings. The van der Waals surface area contributed by atoms with Crippen molar-refractivity contribution in [2.24, 2.45) is 0 Å². The summed E-state index contributed by atoms with van der Waals surface area (Å²) in [5, 5.41) is 11.2. The van der Waals surface area contributed by atoms with Crippen molar-refractivity contribution >= 4 is 17.5 Å². The van der Waals surface area contributed by atoms with Crippen LogP contribution in [0.15, 0.2) is 18.2 Å². The molecule has 106 valence electrons. The minimum atomic E-state index is -0.438. The largest absolute Gasteiger partial charge is 0.482 e. The van der Waals surface area contributed by atoms with Crippen LogP contribution in [0.25, 0.3) is 6.08 Å². The van der Waals surface area contributed by atoms with E-state index in [0.717, 1.165) is 25.7 Å². The molecule has 0 unspecified atom stereocenters.